The molecule has 0 spiro atoms. The lowest BCUT2D eigenvalue weighted by Gasteiger charge is -2.12. The summed E-state index contributed by atoms with van der Waals surface area (Å²) < 4.78 is 12.9. The first kappa shape index (κ1) is 18.1. The summed E-state index contributed by atoms with van der Waals surface area (Å²) in [5, 5.41) is 6.57. The van der Waals surface area contributed by atoms with Crippen LogP contribution in [0.4, 0.5) is 16.2 Å². The van der Waals surface area contributed by atoms with Gasteiger partial charge in [-0.3, -0.25) is 0 Å². The number of nitrogens with one attached hydrogen (secondary N) is 2. The van der Waals surface area contributed by atoms with Crippen LogP contribution in [-0.2, 0) is 6.42 Å². The van der Waals surface area contributed by atoms with Gasteiger partial charge < -0.3 is 15.5 Å². The maximum Gasteiger partial charge on any atom is 0.224 e. The quantitative estimate of drug-likeness (QED) is 0.692. The first-order chi connectivity index (χ1) is 11.5. The topological polar surface area (TPSA) is 53.1 Å². The Bertz CT molecular complexity index is 628. The minimum Gasteiger partial charge on any atom is -0.370 e. The number of hydrogen-bond acceptors (Lipinski definition) is 5. The number of rotatable bonds is 9. The highest BCUT2D eigenvalue weighted by molar-refractivity contribution is 5.42. The van der Waals surface area contributed by atoms with Gasteiger partial charge in [0.15, 0.2) is 0 Å². The van der Waals surface area contributed by atoms with Crippen LogP contribution in [0.15, 0.2) is 30.3 Å². The van der Waals surface area contributed by atoms with Gasteiger partial charge in [0.1, 0.15) is 11.6 Å². The van der Waals surface area contributed by atoms with Crippen LogP contribution >= 0.6 is 0 Å². The van der Waals surface area contributed by atoms with Gasteiger partial charge in [-0.05, 0) is 58.1 Å². The van der Waals surface area contributed by atoms with Crippen LogP contribution in [0.3, 0.4) is 0 Å². The lowest BCUT2D eigenvalue weighted by atomic mass is 10.1. The molecule has 0 bridgehead atoms. The fourth-order valence-corrected chi connectivity index (χ4v) is 2.32. The molecule has 0 saturated heterocycles. The van der Waals surface area contributed by atoms with Gasteiger partial charge in [0, 0.05) is 24.8 Å². The Morgan fingerprint density at radius 1 is 1.04 bits per heavy atom. The highest BCUT2D eigenvalue weighted by Crippen LogP contribution is 2.10. The summed E-state index contributed by atoms with van der Waals surface area (Å²) in [5.74, 6) is 1.25. The molecule has 2 N–H and O–H groups in total. The summed E-state index contributed by atoms with van der Waals surface area (Å²) in [4.78, 5) is 11.1. The van der Waals surface area contributed by atoms with Gasteiger partial charge in [0.2, 0.25) is 5.95 Å². The zero-order valence-electron chi connectivity index (χ0n) is 14.6. The van der Waals surface area contributed by atoms with Gasteiger partial charge in [-0.1, -0.05) is 12.1 Å². The molecule has 24 heavy (non-hydrogen) atoms. The molecule has 0 atom stereocenters. The van der Waals surface area contributed by atoms with E-state index in [0.717, 1.165) is 43.0 Å². The lowest BCUT2D eigenvalue weighted by Crippen LogP contribution is -2.17. The smallest absolute Gasteiger partial charge is 0.224 e. The van der Waals surface area contributed by atoms with Gasteiger partial charge >= 0.3 is 0 Å². The zero-order valence-corrected chi connectivity index (χ0v) is 14.6. The standard InChI is InChI=1S/C18H26FN5/c1-14-13-17(20-10-4-12-24(2)3)23-18(22-14)21-11-9-15-5-7-16(19)8-6-15/h5-8,13H,4,9-12H2,1-3H3,(H2,20,21,22,23). The highest BCUT2D eigenvalue weighted by Gasteiger charge is 2.02. The SMILES string of the molecule is Cc1cc(NCCCN(C)C)nc(NCCc2ccc(F)cc2)n1. The van der Waals surface area contributed by atoms with E-state index in [4.69, 9.17) is 0 Å². The second kappa shape index (κ2) is 9.17. The average Bonchev–Trinajstić information content (AvgIpc) is 2.53. The number of aryl methyl sites for hydroxylation is 1. The Balaban J connectivity index is 1.82. The molecule has 0 amide bonds. The zero-order chi connectivity index (χ0) is 17.4. The van der Waals surface area contributed by atoms with Gasteiger partial charge in [-0.25, -0.2) is 9.37 Å². The number of aromatic nitrogens is 2. The molecule has 0 aliphatic heterocycles. The van der Waals surface area contributed by atoms with Crippen molar-refractivity contribution in [2.75, 3.05) is 44.4 Å². The normalized spacial score (nSPS) is 10.9. The average molecular weight is 331 g/mol. The fraction of sp³-hybridized carbons (Fsp3) is 0.444. The van der Waals surface area contributed by atoms with E-state index in [9.17, 15) is 4.39 Å². The van der Waals surface area contributed by atoms with Crippen molar-refractivity contribution in [2.24, 2.45) is 0 Å². The van der Waals surface area contributed by atoms with Crippen LogP contribution in [-0.4, -0.2) is 48.6 Å². The van der Waals surface area contributed by atoms with E-state index in [2.05, 4.69) is 39.6 Å². The van der Waals surface area contributed by atoms with Crippen LogP contribution in [0, 0.1) is 12.7 Å². The summed E-state index contributed by atoms with van der Waals surface area (Å²) in [6, 6.07) is 8.50. The van der Waals surface area contributed by atoms with Crippen LogP contribution in [0.2, 0.25) is 0 Å². The summed E-state index contributed by atoms with van der Waals surface area (Å²) in [6.07, 6.45) is 1.85. The molecule has 1 heterocycles. The molecule has 2 aromatic rings. The number of hydrogen-bond donors (Lipinski definition) is 2. The van der Waals surface area contributed by atoms with E-state index in [-0.39, 0.29) is 5.82 Å². The summed E-state index contributed by atoms with van der Waals surface area (Å²) in [7, 11) is 4.13. The Morgan fingerprint density at radius 3 is 2.50 bits per heavy atom. The van der Waals surface area contributed by atoms with E-state index in [0.29, 0.717) is 12.5 Å². The Morgan fingerprint density at radius 2 is 1.79 bits per heavy atom. The van der Waals surface area contributed by atoms with Crippen molar-refractivity contribution in [2.45, 2.75) is 19.8 Å². The first-order valence-corrected chi connectivity index (χ1v) is 8.25. The molecule has 0 aliphatic rings. The van der Waals surface area contributed by atoms with E-state index < -0.39 is 0 Å². The molecule has 0 aliphatic carbocycles. The minimum absolute atomic E-state index is 0.210. The highest BCUT2D eigenvalue weighted by atomic mass is 19.1. The van der Waals surface area contributed by atoms with Crippen molar-refractivity contribution < 1.29 is 4.39 Å². The van der Waals surface area contributed by atoms with Gasteiger partial charge in [0.05, 0.1) is 0 Å². The second-order valence-corrected chi connectivity index (χ2v) is 6.11. The maximum atomic E-state index is 12.9. The van der Waals surface area contributed by atoms with Crippen molar-refractivity contribution in [3.05, 3.63) is 47.4 Å². The van der Waals surface area contributed by atoms with Crippen molar-refractivity contribution in [3.8, 4) is 0 Å². The van der Waals surface area contributed by atoms with Crippen LogP contribution < -0.4 is 10.6 Å². The summed E-state index contributed by atoms with van der Waals surface area (Å²) in [5.41, 5.74) is 2.00. The molecule has 1 aromatic heterocycles. The Hall–Kier alpha value is -2.21. The monoisotopic (exact) mass is 331 g/mol. The molecule has 0 unspecified atom stereocenters. The Kier molecular flexibility index (Phi) is 6.93. The maximum absolute atomic E-state index is 12.9. The van der Waals surface area contributed by atoms with Crippen LogP contribution in [0.25, 0.3) is 0 Å². The van der Waals surface area contributed by atoms with E-state index in [1.54, 1.807) is 12.1 Å². The molecule has 130 valence electrons. The predicted octanol–water partition coefficient (Wildman–Crippen LogP) is 2.94. The molecule has 5 nitrogen and oxygen atoms in total. The Labute approximate surface area is 143 Å². The lowest BCUT2D eigenvalue weighted by molar-refractivity contribution is 0.405. The molecule has 0 saturated carbocycles. The predicted molar refractivity (Wildman–Crippen MR) is 97.0 cm³/mol. The third-order valence-corrected chi connectivity index (χ3v) is 3.55. The molecule has 0 fully saturated rings. The number of anilines is 2. The van der Waals surface area contributed by atoms with Crippen LogP contribution in [0.1, 0.15) is 17.7 Å². The largest absolute Gasteiger partial charge is 0.370 e. The number of halogens is 1. The first-order valence-electron chi connectivity index (χ1n) is 8.25. The van der Waals surface area contributed by atoms with E-state index in [1.165, 1.54) is 12.1 Å². The minimum atomic E-state index is -0.210. The summed E-state index contributed by atoms with van der Waals surface area (Å²) in [6.45, 7) is 4.58. The third kappa shape index (κ3) is 6.50. The van der Waals surface area contributed by atoms with Gasteiger partial charge in [-0.2, -0.15) is 4.98 Å². The molecular formula is C18H26FN5. The number of benzene rings is 1. The number of nitrogens with zero attached hydrogens (tertiary/aromatic N) is 3. The van der Waals surface area contributed by atoms with Crippen LogP contribution in [0.5, 0.6) is 0 Å². The van der Waals surface area contributed by atoms with Crippen molar-refractivity contribution >= 4 is 11.8 Å². The van der Waals surface area contributed by atoms with E-state index in [1.807, 2.05) is 13.0 Å². The van der Waals surface area contributed by atoms with Gasteiger partial charge in [-0.15, -0.1) is 0 Å². The third-order valence-electron chi connectivity index (χ3n) is 3.55. The van der Waals surface area contributed by atoms with Crippen molar-refractivity contribution in [1.82, 2.24) is 14.9 Å². The van der Waals surface area contributed by atoms with Crippen molar-refractivity contribution in [1.29, 1.82) is 0 Å². The second-order valence-electron chi connectivity index (χ2n) is 6.11. The fourth-order valence-electron chi connectivity index (χ4n) is 2.32. The van der Waals surface area contributed by atoms with Crippen molar-refractivity contribution in [3.63, 3.8) is 0 Å². The molecule has 1 aromatic carbocycles. The molecular weight excluding hydrogens is 305 g/mol. The summed E-state index contributed by atoms with van der Waals surface area (Å²) >= 11 is 0. The molecule has 2 rings (SSSR count). The molecule has 0 radical (unpaired) electrons. The van der Waals surface area contributed by atoms with Gasteiger partial charge in [0.25, 0.3) is 0 Å². The van der Waals surface area contributed by atoms with E-state index >= 15 is 0 Å². The molecule has 6 heteroatoms.